The van der Waals surface area contributed by atoms with Crippen LogP contribution in [0.1, 0.15) is 22.5 Å². The number of aryl methyl sites for hydroxylation is 2. The average Bonchev–Trinajstić information content (AvgIpc) is 3.12. The van der Waals surface area contributed by atoms with Crippen LogP contribution in [0.2, 0.25) is 0 Å². The molecular formula is C28H24BrN2S+. The lowest BCUT2D eigenvalue weighted by Crippen LogP contribution is -2.37. The Labute approximate surface area is 202 Å². The van der Waals surface area contributed by atoms with Gasteiger partial charge in [0.05, 0.1) is 10.7 Å². The smallest absolute Gasteiger partial charge is 0.211 e. The molecule has 4 aromatic rings. The average molecular weight is 500 g/mol. The summed E-state index contributed by atoms with van der Waals surface area (Å²) in [5, 5.41) is 1.26. The highest BCUT2D eigenvalue weighted by Crippen LogP contribution is 2.47. The molecule has 0 fully saturated rings. The van der Waals surface area contributed by atoms with Crippen LogP contribution in [0.4, 0.5) is 5.69 Å². The van der Waals surface area contributed by atoms with Crippen molar-refractivity contribution in [2.24, 2.45) is 0 Å². The van der Waals surface area contributed by atoms with Crippen molar-refractivity contribution in [2.75, 3.05) is 4.90 Å². The topological polar surface area (TPSA) is 7.12 Å². The van der Waals surface area contributed by atoms with Crippen LogP contribution in [0.5, 0.6) is 0 Å². The number of anilines is 1. The van der Waals surface area contributed by atoms with Crippen LogP contribution in [-0.4, -0.2) is 0 Å². The van der Waals surface area contributed by atoms with E-state index >= 15 is 0 Å². The third kappa shape index (κ3) is 4.25. The second-order valence-corrected chi connectivity index (χ2v) is 9.99. The summed E-state index contributed by atoms with van der Waals surface area (Å²) in [4.78, 5) is 3.74. The summed E-state index contributed by atoms with van der Waals surface area (Å²) in [6.45, 7) is 5.21. The van der Waals surface area contributed by atoms with Crippen LogP contribution >= 0.6 is 27.7 Å². The fourth-order valence-electron chi connectivity index (χ4n) is 4.24. The summed E-state index contributed by atoms with van der Waals surface area (Å²) >= 11 is 5.38. The number of hydrogen-bond acceptors (Lipinski definition) is 2. The highest BCUT2D eigenvalue weighted by atomic mass is 79.9. The normalized spacial score (nSPS) is 14.1. The second kappa shape index (κ2) is 8.97. The molecule has 4 heteroatoms. The predicted molar refractivity (Wildman–Crippen MR) is 138 cm³/mol. The molecule has 0 radical (unpaired) electrons. The molecule has 0 aliphatic carbocycles. The minimum atomic E-state index is 0.861. The lowest BCUT2D eigenvalue weighted by atomic mass is 10.1. The Morgan fingerprint density at radius 3 is 2.22 bits per heavy atom. The molecule has 32 heavy (non-hydrogen) atoms. The Balaban J connectivity index is 1.52. The number of pyridine rings is 1. The van der Waals surface area contributed by atoms with Gasteiger partial charge in [0.1, 0.15) is 0 Å². The Hall–Kier alpha value is -2.82. The van der Waals surface area contributed by atoms with Crippen LogP contribution in [0.3, 0.4) is 0 Å². The summed E-state index contributed by atoms with van der Waals surface area (Å²) in [6, 6.07) is 32.4. The molecule has 158 valence electrons. The Morgan fingerprint density at radius 1 is 0.844 bits per heavy atom. The number of aromatic nitrogens is 1. The zero-order valence-electron chi connectivity index (χ0n) is 18.1. The van der Waals surface area contributed by atoms with Gasteiger partial charge in [-0.05, 0) is 41.5 Å². The summed E-state index contributed by atoms with van der Waals surface area (Å²) in [7, 11) is 0. The summed E-state index contributed by atoms with van der Waals surface area (Å²) < 4.78 is 3.39. The van der Waals surface area contributed by atoms with Gasteiger partial charge in [-0.1, -0.05) is 70.2 Å². The van der Waals surface area contributed by atoms with Gasteiger partial charge >= 0.3 is 0 Å². The van der Waals surface area contributed by atoms with Gasteiger partial charge in [-0.15, -0.1) is 0 Å². The molecule has 5 rings (SSSR count). The summed E-state index contributed by atoms with van der Waals surface area (Å²) in [5.41, 5.74) is 7.42. The summed E-state index contributed by atoms with van der Waals surface area (Å²) in [6.07, 6.45) is 2.32. The third-order valence-corrected chi connectivity index (χ3v) is 7.29. The van der Waals surface area contributed by atoms with E-state index in [0.29, 0.717) is 0 Å². The largest absolute Gasteiger partial charge is 0.330 e. The minimum Gasteiger partial charge on any atom is -0.330 e. The van der Waals surface area contributed by atoms with Crippen molar-refractivity contribution in [3.05, 3.63) is 123 Å². The van der Waals surface area contributed by atoms with E-state index in [-0.39, 0.29) is 0 Å². The number of thioether (sulfide) groups is 1. The van der Waals surface area contributed by atoms with Gasteiger partial charge < -0.3 is 4.90 Å². The Bertz CT molecular complexity index is 1270. The van der Waals surface area contributed by atoms with Crippen molar-refractivity contribution in [1.82, 2.24) is 0 Å². The zero-order valence-corrected chi connectivity index (χ0v) is 20.5. The van der Waals surface area contributed by atoms with E-state index in [0.717, 1.165) is 11.0 Å². The van der Waals surface area contributed by atoms with Crippen molar-refractivity contribution >= 4 is 39.5 Å². The van der Waals surface area contributed by atoms with E-state index in [9.17, 15) is 0 Å². The highest BCUT2D eigenvalue weighted by Gasteiger charge is 2.25. The number of rotatable bonds is 4. The minimum absolute atomic E-state index is 0.861. The number of para-hydroxylation sites is 1. The standard InChI is InChI=1S/C28H24BrN2S/c1-20-16-23(17-21(2)31(20)25-14-12-24(29)13-15-25)18-28-30(19-22-8-4-3-5-9-22)26-10-6-7-11-27(26)32-28/h3-18H,19H2,1-2H3/q+1. The van der Waals surface area contributed by atoms with Gasteiger partial charge in [0.25, 0.3) is 0 Å². The van der Waals surface area contributed by atoms with E-state index in [1.807, 2.05) is 11.8 Å². The van der Waals surface area contributed by atoms with Crippen molar-refractivity contribution in [2.45, 2.75) is 25.3 Å². The maximum Gasteiger partial charge on any atom is 0.211 e. The molecule has 1 aromatic heterocycles. The van der Waals surface area contributed by atoms with Crippen molar-refractivity contribution in [3.63, 3.8) is 0 Å². The van der Waals surface area contributed by atoms with E-state index < -0.39 is 0 Å². The summed E-state index contributed by atoms with van der Waals surface area (Å²) in [5.74, 6) is 0. The van der Waals surface area contributed by atoms with Gasteiger partial charge in [0.15, 0.2) is 11.4 Å². The quantitative estimate of drug-likeness (QED) is 0.269. The zero-order chi connectivity index (χ0) is 22.1. The van der Waals surface area contributed by atoms with Gasteiger partial charge in [-0.25, -0.2) is 0 Å². The fourth-order valence-corrected chi connectivity index (χ4v) is 5.63. The molecule has 3 aromatic carbocycles. The Morgan fingerprint density at radius 2 is 1.50 bits per heavy atom. The van der Waals surface area contributed by atoms with E-state index in [4.69, 9.17) is 0 Å². The molecule has 1 aliphatic heterocycles. The van der Waals surface area contributed by atoms with Crippen LogP contribution in [0, 0.1) is 13.8 Å². The molecule has 0 bridgehead atoms. The first-order chi connectivity index (χ1) is 15.6. The van der Waals surface area contributed by atoms with Crippen molar-refractivity contribution < 1.29 is 4.57 Å². The third-order valence-electron chi connectivity index (χ3n) is 5.65. The van der Waals surface area contributed by atoms with E-state index in [1.165, 1.54) is 43.8 Å². The number of nitrogens with zero attached hydrogens (tertiary/aromatic N) is 2. The first-order valence-electron chi connectivity index (χ1n) is 10.7. The van der Waals surface area contributed by atoms with E-state index in [1.54, 1.807) is 0 Å². The van der Waals surface area contributed by atoms with Crippen molar-refractivity contribution in [3.8, 4) is 5.69 Å². The molecule has 2 nitrogen and oxygen atoms in total. The molecule has 1 aliphatic rings. The van der Waals surface area contributed by atoms with Crippen LogP contribution < -0.4 is 9.47 Å². The molecule has 0 N–H and O–H groups in total. The molecule has 0 unspecified atom stereocenters. The first kappa shape index (κ1) is 21.0. The maximum absolute atomic E-state index is 3.53. The maximum atomic E-state index is 3.53. The van der Waals surface area contributed by atoms with E-state index in [2.05, 4.69) is 136 Å². The molecular weight excluding hydrogens is 476 g/mol. The number of benzene rings is 3. The predicted octanol–water partition coefficient (Wildman–Crippen LogP) is 7.45. The molecule has 0 spiro atoms. The molecule has 0 atom stereocenters. The second-order valence-electron chi connectivity index (χ2n) is 8.01. The highest BCUT2D eigenvalue weighted by molar-refractivity contribution is 9.10. The van der Waals surface area contributed by atoms with Crippen LogP contribution in [0.25, 0.3) is 11.8 Å². The lowest BCUT2D eigenvalue weighted by Gasteiger charge is -2.21. The first-order valence-corrected chi connectivity index (χ1v) is 12.3. The lowest BCUT2D eigenvalue weighted by molar-refractivity contribution is -0.609. The number of fused-ring (bicyclic) bond motifs is 1. The Kier molecular flexibility index (Phi) is 5.90. The number of halogens is 1. The van der Waals surface area contributed by atoms with Gasteiger partial charge in [-0.2, -0.15) is 4.57 Å². The van der Waals surface area contributed by atoms with Crippen molar-refractivity contribution in [1.29, 1.82) is 0 Å². The van der Waals surface area contributed by atoms with Gasteiger partial charge in [-0.3, -0.25) is 0 Å². The molecule has 2 heterocycles. The number of hydrogen-bond donors (Lipinski definition) is 0. The van der Waals surface area contributed by atoms with Crippen LogP contribution in [0.15, 0.2) is 105 Å². The monoisotopic (exact) mass is 499 g/mol. The van der Waals surface area contributed by atoms with Gasteiger partial charge in [0.2, 0.25) is 5.69 Å². The SMILES string of the molecule is Cc1cc(/C=C2\Sc3ccccc3N2Cc2ccccc2)cc(C)[n+]1-c1ccc(Br)cc1. The molecule has 0 amide bonds. The fraction of sp³-hybridized carbons (Fsp3) is 0.107. The van der Waals surface area contributed by atoms with Gasteiger partial charge in [0, 0.05) is 54.0 Å². The molecule has 0 saturated carbocycles. The molecule has 0 saturated heterocycles. The van der Waals surface area contributed by atoms with Crippen LogP contribution in [-0.2, 0) is 6.54 Å².